The highest BCUT2D eigenvalue weighted by Crippen LogP contribution is 2.31. The van der Waals surface area contributed by atoms with Crippen LogP contribution in [-0.2, 0) is 24.1 Å². The van der Waals surface area contributed by atoms with Gasteiger partial charge in [-0.15, -0.1) is 0 Å². The summed E-state index contributed by atoms with van der Waals surface area (Å²) >= 11 is 0. The second-order valence-electron chi connectivity index (χ2n) is 16.0. The maximum atomic E-state index is 13.8. The lowest BCUT2D eigenvalue weighted by atomic mass is 10.1. The maximum absolute atomic E-state index is 13.8. The van der Waals surface area contributed by atoms with Crippen molar-refractivity contribution < 1.29 is 53.1 Å². The number of alkyl halides is 2. The Morgan fingerprint density at radius 1 is 0.891 bits per heavy atom. The number of piperazine rings is 1. The van der Waals surface area contributed by atoms with Gasteiger partial charge in [-0.05, 0) is 56.6 Å². The van der Waals surface area contributed by atoms with Crippen LogP contribution < -0.4 is 10.2 Å². The molecule has 4 rings (SSSR count). The van der Waals surface area contributed by atoms with E-state index in [0.29, 0.717) is 63.3 Å². The topological polar surface area (TPSA) is 227 Å². The van der Waals surface area contributed by atoms with Gasteiger partial charge in [-0.2, -0.15) is 5.26 Å². The summed E-state index contributed by atoms with van der Waals surface area (Å²) in [4.78, 5) is 82.0. The Labute approximate surface area is 374 Å². The van der Waals surface area contributed by atoms with Gasteiger partial charge in [0.1, 0.15) is 12.8 Å². The van der Waals surface area contributed by atoms with Crippen molar-refractivity contribution >= 4 is 46.3 Å². The second-order valence-corrected chi connectivity index (χ2v) is 16.0. The van der Waals surface area contributed by atoms with Gasteiger partial charge in [-0.1, -0.05) is 20.8 Å². The summed E-state index contributed by atoms with van der Waals surface area (Å²) in [5.41, 5.74) is 1.71. The highest BCUT2D eigenvalue weighted by atomic mass is 19.3. The van der Waals surface area contributed by atoms with Gasteiger partial charge in [0, 0.05) is 103 Å². The first-order chi connectivity index (χ1) is 30.5. The molecule has 2 aliphatic rings. The summed E-state index contributed by atoms with van der Waals surface area (Å²) in [6, 6.07) is 7.61. The Morgan fingerprint density at radius 2 is 1.52 bits per heavy atom. The molecule has 0 bridgehead atoms. The SMILES string of the molecule is CCC(=O)O.CCCN(CCN(CCN(CCC)CC(=O)O)CC(=O)N1CCN(CCCN(C)c2ccc3nccc(C(=O)NCC(=O)N4CC(F)(F)CC4C#N)c3c2)CC1)COO. The van der Waals surface area contributed by atoms with Gasteiger partial charge in [-0.25, -0.2) is 13.7 Å². The number of carboxylic acid groups (broad SMARTS) is 2. The van der Waals surface area contributed by atoms with Gasteiger partial charge >= 0.3 is 11.9 Å². The van der Waals surface area contributed by atoms with E-state index in [1.165, 1.54) is 12.3 Å². The molecule has 64 heavy (non-hydrogen) atoms. The number of benzene rings is 1. The summed E-state index contributed by atoms with van der Waals surface area (Å²) < 4.78 is 27.7. The molecule has 2 fully saturated rings. The number of nitriles is 1. The summed E-state index contributed by atoms with van der Waals surface area (Å²) in [6.45, 7) is 12.3. The molecule has 0 radical (unpaired) electrons. The van der Waals surface area contributed by atoms with Crippen LogP contribution in [0.15, 0.2) is 30.5 Å². The number of aromatic nitrogens is 1. The molecule has 1 aromatic carbocycles. The Kier molecular flexibility index (Phi) is 22.7. The first-order valence-corrected chi connectivity index (χ1v) is 21.9. The van der Waals surface area contributed by atoms with Crippen LogP contribution in [0.25, 0.3) is 10.9 Å². The van der Waals surface area contributed by atoms with E-state index in [1.54, 1.807) is 13.0 Å². The average Bonchev–Trinajstić information content (AvgIpc) is 3.60. The van der Waals surface area contributed by atoms with E-state index in [1.807, 2.05) is 53.8 Å². The molecule has 21 heteroatoms. The predicted molar refractivity (Wildman–Crippen MR) is 235 cm³/mol. The molecule has 0 saturated carbocycles. The lowest BCUT2D eigenvalue weighted by molar-refractivity contribution is -0.269. The number of carbonyl (C=O) groups is 5. The molecule has 0 aliphatic carbocycles. The lowest BCUT2D eigenvalue weighted by Crippen LogP contribution is -2.52. The van der Waals surface area contributed by atoms with Crippen molar-refractivity contribution in [2.24, 2.45) is 0 Å². The zero-order valence-electron chi connectivity index (χ0n) is 37.6. The van der Waals surface area contributed by atoms with Crippen LogP contribution in [0.1, 0.15) is 63.2 Å². The molecule has 2 aromatic rings. The standard InChI is InChI=1S/C40H60F2N10O7.C3H6O2/c1-4-11-48(28-38(55)56)15-16-49(17-18-50(12-5-2)30-59-58)27-37(54)51-21-19-47(20-22-51)14-6-13-46(3)31-7-8-35-34(23-31)33(9-10-44-35)39(57)45-26-36(53)52-29-40(41,42)24-32(52)25-43;1-2-3(4)5/h7-10,23,32,58H,4-6,11-22,24,26-30H2,1-3H3,(H,45,57)(H,55,56);2H2,1H3,(H,4,5). The van der Waals surface area contributed by atoms with E-state index in [4.69, 9.17) is 10.4 Å². The minimum atomic E-state index is -3.15. The third kappa shape index (κ3) is 17.8. The van der Waals surface area contributed by atoms with Gasteiger partial charge in [0.25, 0.3) is 11.8 Å². The van der Waals surface area contributed by atoms with Crippen LogP contribution in [0.2, 0.25) is 0 Å². The fourth-order valence-corrected chi connectivity index (χ4v) is 7.54. The minimum Gasteiger partial charge on any atom is -0.481 e. The molecule has 1 aromatic heterocycles. The number of likely N-dealkylation sites (tertiary alicyclic amines) is 1. The molecule has 3 amide bonds. The van der Waals surface area contributed by atoms with Crippen LogP contribution in [0.5, 0.6) is 0 Å². The van der Waals surface area contributed by atoms with E-state index >= 15 is 0 Å². The van der Waals surface area contributed by atoms with Crippen LogP contribution in [0.4, 0.5) is 14.5 Å². The number of aliphatic carboxylic acids is 2. The van der Waals surface area contributed by atoms with Gasteiger partial charge in [0.2, 0.25) is 11.8 Å². The Morgan fingerprint density at radius 3 is 2.11 bits per heavy atom. The van der Waals surface area contributed by atoms with Crippen molar-refractivity contribution in [1.82, 2.24) is 39.7 Å². The average molecular weight is 905 g/mol. The molecule has 2 aliphatic heterocycles. The number of nitrogens with one attached hydrogen (secondary N) is 1. The van der Waals surface area contributed by atoms with Crippen molar-refractivity contribution in [3.05, 3.63) is 36.0 Å². The molecule has 1 unspecified atom stereocenters. The number of hydrogen-bond donors (Lipinski definition) is 4. The van der Waals surface area contributed by atoms with Crippen LogP contribution in [-0.4, -0.2) is 210 Å². The first-order valence-electron chi connectivity index (χ1n) is 21.9. The summed E-state index contributed by atoms with van der Waals surface area (Å²) in [5, 5.41) is 38.4. The number of amides is 3. The van der Waals surface area contributed by atoms with E-state index in [2.05, 4.69) is 29.9 Å². The molecule has 3 heterocycles. The zero-order chi connectivity index (χ0) is 47.2. The number of hydrogen-bond acceptors (Lipinski definition) is 14. The molecule has 4 N–H and O–H groups in total. The van der Waals surface area contributed by atoms with Gasteiger partial charge in [-0.3, -0.25) is 53.8 Å². The largest absolute Gasteiger partial charge is 0.481 e. The number of nitrogens with zero attached hydrogens (tertiary/aromatic N) is 9. The fourth-order valence-electron chi connectivity index (χ4n) is 7.54. The predicted octanol–water partition coefficient (Wildman–Crippen LogP) is 2.43. The van der Waals surface area contributed by atoms with Crippen LogP contribution in [0.3, 0.4) is 0 Å². The zero-order valence-corrected chi connectivity index (χ0v) is 37.6. The number of rotatable bonds is 25. The smallest absolute Gasteiger partial charge is 0.317 e. The number of pyridine rings is 1. The Hall–Kier alpha value is -5.11. The summed E-state index contributed by atoms with van der Waals surface area (Å²) in [5.74, 6) is -6.06. The van der Waals surface area contributed by atoms with Gasteiger partial charge < -0.3 is 30.2 Å². The number of carboxylic acids is 2. The minimum absolute atomic E-state index is 0.0273. The maximum Gasteiger partial charge on any atom is 0.317 e. The molecular formula is C43H66F2N10O9. The molecule has 0 spiro atoms. The molecular weight excluding hydrogens is 839 g/mol. The summed E-state index contributed by atoms with van der Waals surface area (Å²) in [7, 11) is 1.96. The number of carbonyl (C=O) groups excluding carboxylic acids is 3. The molecule has 19 nitrogen and oxygen atoms in total. The van der Waals surface area contributed by atoms with Crippen molar-refractivity contribution in [2.75, 3.05) is 123 Å². The Balaban J connectivity index is 0.00000206. The molecule has 2 saturated heterocycles. The van der Waals surface area contributed by atoms with Crippen LogP contribution >= 0.6 is 0 Å². The molecule has 1 atom stereocenters. The third-order valence-corrected chi connectivity index (χ3v) is 11.0. The Bertz CT molecular complexity index is 1860. The second kappa shape index (κ2) is 27.3. The fraction of sp³-hybridized carbons (Fsp3) is 0.651. The van der Waals surface area contributed by atoms with E-state index < -0.39 is 55.2 Å². The monoisotopic (exact) mass is 904 g/mol. The van der Waals surface area contributed by atoms with Crippen molar-refractivity contribution in [1.29, 1.82) is 5.26 Å². The number of anilines is 1. The van der Waals surface area contributed by atoms with Gasteiger partial charge in [0.05, 0.1) is 43.3 Å². The highest BCUT2D eigenvalue weighted by Gasteiger charge is 2.47. The summed E-state index contributed by atoms with van der Waals surface area (Å²) in [6.07, 6.45) is 3.52. The van der Waals surface area contributed by atoms with Crippen molar-refractivity contribution in [2.45, 2.75) is 64.8 Å². The molecule has 356 valence electrons. The quantitative estimate of drug-likeness (QED) is 0.0638. The first kappa shape index (κ1) is 53.2. The number of fused-ring (bicyclic) bond motifs is 1. The third-order valence-electron chi connectivity index (χ3n) is 11.0. The highest BCUT2D eigenvalue weighted by molar-refractivity contribution is 6.07. The lowest BCUT2D eigenvalue weighted by Gasteiger charge is -2.36. The van der Waals surface area contributed by atoms with Gasteiger partial charge in [0.15, 0.2) is 0 Å². The normalized spacial score (nSPS) is 16.2. The van der Waals surface area contributed by atoms with E-state index in [-0.39, 0.29) is 37.7 Å². The van der Waals surface area contributed by atoms with Crippen molar-refractivity contribution in [3.63, 3.8) is 0 Å². The van der Waals surface area contributed by atoms with Crippen molar-refractivity contribution in [3.8, 4) is 6.07 Å². The van der Waals surface area contributed by atoms with E-state index in [9.17, 15) is 43.1 Å². The van der Waals surface area contributed by atoms with E-state index in [0.717, 1.165) is 56.0 Å². The number of halogens is 2. The van der Waals surface area contributed by atoms with Crippen LogP contribution in [0, 0.1) is 11.3 Å².